The van der Waals surface area contributed by atoms with E-state index in [1.165, 1.54) is 0 Å². The van der Waals surface area contributed by atoms with Gasteiger partial charge in [-0.05, 0) is 65.1 Å². The summed E-state index contributed by atoms with van der Waals surface area (Å²) in [6.45, 7) is 21.1. The minimum Gasteiger partial charge on any atom is -0.120 e. The van der Waals surface area contributed by atoms with E-state index in [-0.39, 0.29) is 18.1 Å². The molecule has 0 amide bonds. The van der Waals surface area contributed by atoms with Crippen molar-refractivity contribution in [2.45, 2.75) is 132 Å². The quantitative estimate of drug-likeness (QED) is 0.0829. The molecule has 41 heavy (non-hydrogen) atoms. The maximum Gasteiger partial charge on any atom is 0.0406 e. The highest BCUT2D eigenvalue weighted by Crippen LogP contribution is 2.13. The number of hydrogen-bond acceptors (Lipinski definition) is 4. The Morgan fingerprint density at radius 3 is 1.29 bits per heavy atom. The maximum absolute atomic E-state index is 8.31. The Balaban J connectivity index is -0.000000227. The zero-order valence-corrected chi connectivity index (χ0v) is 27.1. The van der Waals surface area contributed by atoms with E-state index in [1.54, 1.807) is 0 Å². The molecule has 0 aliphatic carbocycles. The Hall–Kier alpha value is -3.64. The first kappa shape index (κ1) is 44.4. The Kier molecular flexibility index (Phi) is 37.2. The first-order valence-corrected chi connectivity index (χ1v) is 14.5. The predicted molar refractivity (Wildman–Crippen MR) is 172 cm³/mol. The molecule has 0 aliphatic heterocycles. The van der Waals surface area contributed by atoms with Crippen LogP contribution in [0, 0.1) is 47.9 Å². The predicted octanol–water partition coefficient (Wildman–Crippen LogP) is 11.3. The van der Waals surface area contributed by atoms with Crippen molar-refractivity contribution < 1.29 is 0 Å². The second-order valence-electron chi connectivity index (χ2n) is 10.6. The summed E-state index contributed by atoms with van der Waals surface area (Å²) < 4.78 is 0. The van der Waals surface area contributed by atoms with Crippen LogP contribution in [0.25, 0.3) is 41.8 Å². The van der Waals surface area contributed by atoms with Crippen molar-refractivity contribution in [3.63, 3.8) is 0 Å². The van der Waals surface area contributed by atoms with E-state index in [9.17, 15) is 0 Å². The summed E-state index contributed by atoms with van der Waals surface area (Å²) >= 11 is 0. The second-order valence-corrected chi connectivity index (χ2v) is 10.6. The molecule has 0 N–H and O–H groups in total. The SMILES string of the molecule is C#CCCC(N=[N+]=[N-])C(C)C.CC(C)CN=[N+]=[N-].CCC#CCCC(N=[N+]=[N-])C(C)C.CCCC(N=[N+]=[N-])C(C)C. The first-order chi connectivity index (χ1) is 19.4. The minimum atomic E-state index is 0.0519. The van der Waals surface area contributed by atoms with E-state index in [0.29, 0.717) is 36.6 Å². The Morgan fingerprint density at radius 1 is 0.610 bits per heavy atom. The summed E-state index contributed by atoms with van der Waals surface area (Å²) in [7, 11) is 0. The van der Waals surface area contributed by atoms with Crippen molar-refractivity contribution in [3.8, 4) is 24.2 Å². The van der Waals surface area contributed by atoms with Gasteiger partial charge in [0.1, 0.15) is 0 Å². The van der Waals surface area contributed by atoms with Gasteiger partial charge in [0.25, 0.3) is 0 Å². The van der Waals surface area contributed by atoms with Crippen LogP contribution in [0.5, 0.6) is 0 Å². The van der Waals surface area contributed by atoms with Crippen molar-refractivity contribution in [3.05, 3.63) is 41.8 Å². The average molecular weight is 571 g/mol. The van der Waals surface area contributed by atoms with Gasteiger partial charge in [-0.3, -0.25) is 0 Å². The number of hydrogen-bond donors (Lipinski definition) is 0. The van der Waals surface area contributed by atoms with Crippen LogP contribution in [0.3, 0.4) is 0 Å². The highest BCUT2D eigenvalue weighted by molar-refractivity contribution is 4.98. The summed E-state index contributed by atoms with van der Waals surface area (Å²) in [6, 6.07) is 0.335. The second kappa shape index (κ2) is 34.4. The highest BCUT2D eigenvalue weighted by atomic mass is 15.2. The van der Waals surface area contributed by atoms with Crippen LogP contribution in [0.2, 0.25) is 0 Å². The van der Waals surface area contributed by atoms with E-state index in [4.69, 9.17) is 28.5 Å². The monoisotopic (exact) mass is 570 g/mol. The summed E-state index contributed by atoms with van der Waals surface area (Å²) in [4.78, 5) is 11.0. The van der Waals surface area contributed by atoms with Crippen LogP contribution >= 0.6 is 0 Å². The van der Waals surface area contributed by atoms with Gasteiger partial charge in [-0.25, -0.2) is 0 Å². The molecule has 0 aliphatic rings. The molecule has 0 aromatic carbocycles. The van der Waals surface area contributed by atoms with Gasteiger partial charge in [0.05, 0.1) is 0 Å². The van der Waals surface area contributed by atoms with Gasteiger partial charge in [0.15, 0.2) is 0 Å². The normalized spacial score (nSPS) is 11.3. The molecule has 0 rings (SSSR count). The number of rotatable bonds is 14. The first-order valence-electron chi connectivity index (χ1n) is 14.5. The largest absolute Gasteiger partial charge is 0.120 e. The van der Waals surface area contributed by atoms with Gasteiger partial charge in [-0.15, -0.1) is 24.2 Å². The van der Waals surface area contributed by atoms with E-state index in [0.717, 1.165) is 38.5 Å². The lowest BCUT2D eigenvalue weighted by Crippen LogP contribution is -2.11. The van der Waals surface area contributed by atoms with Crippen LogP contribution in [0.4, 0.5) is 0 Å². The van der Waals surface area contributed by atoms with E-state index in [1.807, 2.05) is 34.6 Å². The molecule has 0 aromatic rings. The molecule has 0 radical (unpaired) electrons. The molecule has 0 heterocycles. The van der Waals surface area contributed by atoms with Crippen LogP contribution in [0.15, 0.2) is 20.5 Å². The summed E-state index contributed by atoms with van der Waals surface area (Å²) in [6.07, 6.45) is 11.2. The highest BCUT2D eigenvalue weighted by Gasteiger charge is 2.10. The fourth-order valence-corrected chi connectivity index (χ4v) is 2.93. The van der Waals surface area contributed by atoms with Crippen molar-refractivity contribution >= 4 is 0 Å². The molecular formula is C29H54N12. The topological polar surface area (TPSA) is 195 Å². The Morgan fingerprint density at radius 2 is 1.02 bits per heavy atom. The molecule has 3 unspecified atom stereocenters. The molecule has 3 atom stereocenters. The minimum absolute atomic E-state index is 0.0519. The molecule has 230 valence electrons. The van der Waals surface area contributed by atoms with Gasteiger partial charge < -0.3 is 0 Å². The fraction of sp³-hybridized carbons (Fsp3) is 0.862. The van der Waals surface area contributed by atoms with E-state index >= 15 is 0 Å². The lowest BCUT2D eigenvalue weighted by molar-refractivity contribution is 0.458. The summed E-state index contributed by atoms with van der Waals surface area (Å²) in [5.74, 6) is 10.3. The Bertz CT molecular complexity index is 914. The smallest absolute Gasteiger partial charge is 0.0406 e. The summed E-state index contributed by atoms with van der Waals surface area (Å²) in [5, 5.41) is 14.4. The van der Waals surface area contributed by atoms with Crippen LogP contribution < -0.4 is 0 Å². The van der Waals surface area contributed by atoms with Crippen molar-refractivity contribution in [2.75, 3.05) is 6.54 Å². The van der Waals surface area contributed by atoms with E-state index < -0.39 is 0 Å². The van der Waals surface area contributed by atoms with Gasteiger partial charge in [0, 0.05) is 63.6 Å². The van der Waals surface area contributed by atoms with E-state index in [2.05, 4.69) is 92.5 Å². The maximum atomic E-state index is 8.31. The Labute approximate surface area is 249 Å². The van der Waals surface area contributed by atoms with Gasteiger partial charge in [0.2, 0.25) is 0 Å². The van der Waals surface area contributed by atoms with Crippen molar-refractivity contribution in [1.29, 1.82) is 0 Å². The van der Waals surface area contributed by atoms with Gasteiger partial charge >= 0.3 is 0 Å². The number of nitrogens with zero attached hydrogens (tertiary/aromatic N) is 12. The molecule has 0 spiro atoms. The average Bonchev–Trinajstić information content (AvgIpc) is 2.92. The fourth-order valence-electron chi connectivity index (χ4n) is 2.93. The molecule has 12 heteroatoms. The molecule has 12 nitrogen and oxygen atoms in total. The van der Waals surface area contributed by atoms with Crippen LogP contribution in [-0.2, 0) is 0 Å². The molecule has 0 fully saturated rings. The molecular weight excluding hydrogens is 516 g/mol. The standard InChI is InChI=1S/C10H17N3.C8H13N3.C7H15N3.C4H9N3/c1-4-5-6-7-8-10(9(2)3)12-13-11;1-4-5-6-8(7(2)3)10-11-9;1-4-5-7(6(2)3)9-10-8;1-4(2)3-6-7-5/h9-10H,4,7-8H2,1-3H3;1,7-8H,5-6H2,2-3H3;6-7H,4-5H2,1-3H3;4H,3H2,1-2H3. The van der Waals surface area contributed by atoms with Crippen LogP contribution in [0.1, 0.15) is 114 Å². The molecule has 0 bridgehead atoms. The third kappa shape index (κ3) is 36.4. The molecule has 0 aromatic heterocycles. The third-order valence-electron chi connectivity index (χ3n) is 5.45. The lowest BCUT2D eigenvalue weighted by Gasteiger charge is -2.12. The zero-order chi connectivity index (χ0) is 32.5. The lowest BCUT2D eigenvalue weighted by atomic mass is 10.0. The summed E-state index contributed by atoms with van der Waals surface area (Å²) in [5.41, 5.74) is 32.4. The molecule has 0 saturated heterocycles. The number of azide groups is 4. The third-order valence-corrected chi connectivity index (χ3v) is 5.45. The zero-order valence-electron chi connectivity index (χ0n) is 27.1. The van der Waals surface area contributed by atoms with Gasteiger partial charge in [-0.1, -0.05) is 96.1 Å². The van der Waals surface area contributed by atoms with Crippen molar-refractivity contribution in [2.24, 2.45) is 44.1 Å². The van der Waals surface area contributed by atoms with Gasteiger partial charge in [-0.2, -0.15) is 0 Å². The number of terminal acetylenes is 1. The van der Waals surface area contributed by atoms with Crippen LogP contribution in [-0.4, -0.2) is 24.7 Å². The molecule has 0 saturated carbocycles. The van der Waals surface area contributed by atoms with Crippen molar-refractivity contribution in [1.82, 2.24) is 0 Å².